The maximum Gasteiger partial charge on any atom is 0.246 e. The Hall–Kier alpha value is -2.98. The van der Waals surface area contributed by atoms with E-state index in [0.29, 0.717) is 28.2 Å². The average Bonchev–Trinajstić information content (AvgIpc) is 3.15. The molecular weight excluding hydrogens is 412 g/mol. The predicted molar refractivity (Wildman–Crippen MR) is 114 cm³/mol. The minimum absolute atomic E-state index is 0.300. The summed E-state index contributed by atoms with van der Waals surface area (Å²) in [6.07, 6.45) is 1.05. The van der Waals surface area contributed by atoms with Crippen LogP contribution in [0, 0.1) is 0 Å². The third-order valence-corrected chi connectivity index (χ3v) is 5.84. The Morgan fingerprint density at radius 3 is 2.41 bits per heavy atom. The van der Waals surface area contributed by atoms with E-state index in [4.69, 9.17) is 4.74 Å². The molecule has 1 N–H and O–H groups in total. The number of rotatable bonds is 8. The molecule has 0 radical (unpaired) electrons. The number of aromatic nitrogens is 2. The van der Waals surface area contributed by atoms with Gasteiger partial charge in [0, 0.05) is 5.56 Å². The molecule has 0 saturated carbocycles. The first-order chi connectivity index (χ1) is 13.9. The van der Waals surface area contributed by atoms with Crippen LogP contribution in [0.4, 0.5) is 10.8 Å². The Bertz CT molecular complexity index is 1070. The fraction of sp³-hybridized carbons (Fsp3) is 0.211. The van der Waals surface area contributed by atoms with E-state index < -0.39 is 15.9 Å². The van der Waals surface area contributed by atoms with Crippen LogP contribution in [0.1, 0.15) is 6.92 Å². The lowest BCUT2D eigenvalue weighted by Gasteiger charge is -2.21. The molecule has 0 bridgehead atoms. The number of sulfonamides is 1. The number of nitrogens with zero attached hydrogens (tertiary/aromatic N) is 3. The highest BCUT2D eigenvalue weighted by molar-refractivity contribution is 7.92. The van der Waals surface area contributed by atoms with E-state index in [1.54, 1.807) is 24.3 Å². The van der Waals surface area contributed by atoms with Crippen LogP contribution in [-0.4, -0.2) is 43.9 Å². The maximum atomic E-state index is 12.5. The highest BCUT2D eigenvalue weighted by Gasteiger charge is 2.22. The summed E-state index contributed by atoms with van der Waals surface area (Å²) in [5, 5.41) is 11.6. The smallest absolute Gasteiger partial charge is 0.246 e. The van der Waals surface area contributed by atoms with Crippen molar-refractivity contribution in [1.29, 1.82) is 0 Å². The van der Waals surface area contributed by atoms with Crippen molar-refractivity contribution in [1.82, 2.24) is 10.2 Å². The number of nitrogens with one attached hydrogen (secondary N) is 1. The molecule has 0 aliphatic carbocycles. The number of carbonyl (C=O) groups is 1. The van der Waals surface area contributed by atoms with E-state index in [1.165, 1.54) is 11.3 Å². The molecule has 0 saturated heterocycles. The summed E-state index contributed by atoms with van der Waals surface area (Å²) in [5.41, 5.74) is 1.26. The standard InChI is InChI=1S/C19H20N4O4S2/c1-3-27-16-11-9-15(10-12-16)23(29(2,25)26)13-17(24)20-19-22-21-18(28-19)14-7-5-4-6-8-14/h4-12H,3,13H2,1-2H3,(H,20,22,24). The third-order valence-electron chi connectivity index (χ3n) is 3.82. The summed E-state index contributed by atoms with van der Waals surface area (Å²) in [6.45, 7) is 1.98. The largest absolute Gasteiger partial charge is 0.494 e. The molecule has 3 rings (SSSR count). The van der Waals surface area contributed by atoms with E-state index in [1.807, 2.05) is 37.3 Å². The van der Waals surface area contributed by atoms with Crippen LogP contribution in [0.3, 0.4) is 0 Å². The van der Waals surface area contributed by atoms with Gasteiger partial charge >= 0.3 is 0 Å². The fourth-order valence-electron chi connectivity index (χ4n) is 2.54. The van der Waals surface area contributed by atoms with Gasteiger partial charge in [0.05, 0.1) is 18.6 Å². The van der Waals surface area contributed by atoms with Crippen molar-refractivity contribution >= 4 is 38.1 Å². The molecule has 29 heavy (non-hydrogen) atoms. The van der Waals surface area contributed by atoms with Gasteiger partial charge in [-0.25, -0.2) is 8.42 Å². The number of benzene rings is 2. The summed E-state index contributed by atoms with van der Waals surface area (Å²) >= 11 is 1.21. The normalized spacial score (nSPS) is 11.1. The highest BCUT2D eigenvalue weighted by atomic mass is 32.2. The molecule has 1 aromatic heterocycles. The van der Waals surface area contributed by atoms with Crippen LogP contribution >= 0.6 is 11.3 Å². The Labute approximate surface area is 173 Å². The van der Waals surface area contributed by atoms with E-state index in [2.05, 4.69) is 15.5 Å². The topological polar surface area (TPSA) is 101 Å². The molecule has 152 valence electrons. The molecule has 10 heteroatoms. The van der Waals surface area contributed by atoms with Crippen molar-refractivity contribution in [3.8, 4) is 16.3 Å². The van der Waals surface area contributed by atoms with Gasteiger partial charge in [0.15, 0.2) is 0 Å². The highest BCUT2D eigenvalue weighted by Crippen LogP contribution is 2.26. The number of carbonyl (C=O) groups excluding carboxylic acids is 1. The zero-order valence-corrected chi connectivity index (χ0v) is 17.5. The second-order valence-electron chi connectivity index (χ2n) is 6.02. The van der Waals surface area contributed by atoms with Gasteiger partial charge in [-0.1, -0.05) is 41.7 Å². The van der Waals surface area contributed by atoms with Crippen LogP contribution in [0.2, 0.25) is 0 Å². The van der Waals surface area contributed by atoms with E-state index in [-0.39, 0.29) is 6.54 Å². The second-order valence-corrected chi connectivity index (χ2v) is 8.91. The lowest BCUT2D eigenvalue weighted by molar-refractivity contribution is -0.114. The number of hydrogen-bond acceptors (Lipinski definition) is 7. The van der Waals surface area contributed by atoms with Crippen molar-refractivity contribution < 1.29 is 17.9 Å². The average molecular weight is 433 g/mol. The minimum atomic E-state index is -3.67. The molecular formula is C19H20N4O4S2. The predicted octanol–water partition coefficient (Wildman–Crippen LogP) is 3.01. The third kappa shape index (κ3) is 5.52. The Balaban J connectivity index is 1.72. The van der Waals surface area contributed by atoms with Crippen LogP contribution < -0.4 is 14.4 Å². The zero-order valence-electron chi connectivity index (χ0n) is 15.9. The molecule has 2 aromatic carbocycles. The molecule has 1 heterocycles. The van der Waals surface area contributed by atoms with Gasteiger partial charge in [-0.2, -0.15) is 0 Å². The van der Waals surface area contributed by atoms with Crippen molar-refractivity contribution in [2.45, 2.75) is 6.92 Å². The number of amides is 1. The first-order valence-electron chi connectivity index (χ1n) is 8.76. The first kappa shape index (κ1) is 20.7. The molecule has 0 aliphatic heterocycles. The van der Waals surface area contributed by atoms with Gasteiger partial charge in [0.2, 0.25) is 21.1 Å². The van der Waals surface area contributed by atoms with Gasteiger partial charge in [-0.05, 0) is 31.2 Å². The quantitative estimate of drug-likeness (QED) is 0.587. The maximum absolute atomic E-state index is 12.5. The molecule has 0 atom stereocenters. The van der Waals surface area contributed by atoms with Crippen LogP contribution in [0.25, 0.3) is 10.6 Å². The molecule has 0 fully saturated rings. The van der Waals surface area contributed by atoms with E-state index in [9.17, 15) is 13.2 Å². The zero-order chi connectivity index (χ0) is 20.9. The first-order valence-corrected chi connectivity index (χ1v) is 11.4. The summed E-state index contributed by atoms with van der Waals surface area (Å²) in [4.78, 5) is 12.5. The molecule has 0 aliphatic rings. The molecule has 3 aromatic rings. The van der Waals surface area contributed by atoms with Gasteiger partial charge < -0.3 is 4.74 Å². The van der Waals surface area contributed by atoms with Crippen LogP contribution in [0.15, 0.2) is 54.6 Å². The Kier molecular flexibility index (Phi) is 6.45. The SMILES string of the molecule is CCOc1ccc(N(CC(=O)Nc2nnc(-c3ccccc3)s2)S(C)(=O)=O)cc1. The van der Waals surface area contributed by atoms with Gasteiger partial charge in [0.1, 0.15) is 17.3 Å². The summed E-state index contributed by atoms with van der Waals surface area (Å²) in [7, 11) is -3.67. The van der Waals surface area contributed by atoms with Gasteiger partial charge in [0.25, 0.3) is 0 Å². The van der Waals surface area contributed by atoms with Gasteiger partial charge in [-0.15, -0.1) is 10.2 Å². The second kappa shape index (κ2) is 9.01. The lowest BCUT2D eigenvalue weighted by Crippen LogP contribution is -2.37. The lowest BCUT2D eigenvalue weighted by atomic mass is 10.2. The summed E-state index contributed by atoms with van der Waals surface area (Å²) in [5.74, 6) is 0.108. The van der Waals surface area contributed by atoms with Crippen molar-refractivity contribution in [2.75, 3.05) is 29.0 Å². The Morgan fingerprint density at radius 1 is 1.10 bits per heavy atom. The molecule has 1 amide bonds. The fourth-order valence-corrected chi connectivity index (χ4v) is 4.16. The minimum Gasteiger partial charge on any atom is -0.494 e. The molecule has 0 spiro atoms. The molecule has 8 nitrogen and oxygen atoms in total. The van der Waals surface area contributed by atoms with E-state index in [0.717, 1.165) is 16.1 Å². The van der Waals surface area contributed by atoms with Gasteiger partial charge in [-0.3, -0.25) is 14.4 Å². The number of hydrogen-bond donors (Lipinski definition) is 1. The van der Waals surface area contributed by atoms with Crippen molar-refractivity contribution in [3.63, 3.8) is 0 Å². The number of anilines is 2. The number of ether oxygens (including phenoxy) is 1. The summed E-state index contributed by atoms with van der Waals surface area (Å²) < 4.78 is 30.8. The van der Waals surface area contributed by atoms with Crippen molar-refractivity contribution in [3.05, 3.63) is 54.6 Å². The summed E-state index contributed by atoms with van der Waals surface area (Å²) in [6, 6.07) is 16.0. The van der Waals surface area contributed by atoms with Crippen molar-refractivity contribution in [2.24, 2.45) is 0 Å². The Morgan fingerprint density at radius 2 is 1.79 bits per heavy atom. The van der Waals surface area contributed by atoms with Crippen LogP contribution in [-0.2, 0) is 14.8 Å². The van der Waals surface area contributed by atoms with Crippen LogP contribution in [0.5, 0.6) is 5.75 Å². The van der Waals surface area contributed by atoms with E-state index >= 15 is 0 Å². The molecule has 0 unspecified atom stereocenters. The monoisotopic (exact) mass is 432 g/mol.